The number of carbonyl (C=O) groups excluding carboxylic acids is 1. The van der Waals surface area contributed by atoms with Crippen molar-refractivity contribution in [3.8, 4) is 16.2 Å². The van der Waals surface area contributed by atoms with E-state index in [1.807, 2.05) is 36.9 Å². The van der Waals surface area contributed by atoms with E-state index in [-0.39, 0.29) is 17.8 Å². The van der Waals surface area contributed by atoms with Crippen LogP contribution in [0.3, 0.4) is 0 Å². The minimum Gasteiger partial charge on any atom is -0.491 e. The third-order valence-corrected chi connectivity index (χ3v) is 7.27. The first-order valence-corrected chi connectivity index (χ1v) is 10.9. The molecule has 1 aromatic carbocycles. The third-order valence-electron chi connectivity index (χ3n) is 6.11. The summed E-state index contributed by atoms with van der Waals surface area (Å²) in [5.74, 6) is 1.37. The molecule has 4 aliphatic rings. The number of ether oxygens (including phenoxy) is 2. The Morgan fingerprint density at radius 2 is 2.00 bits per heavy atom. The molecule has 6 heteroatoms. The van der Waals surface area contributed by atoms with E-state index in [2.05, 4.69) is 23.1 Å². The number of hydrogen-bond acceptors (Lipinski definition) is 5. The van der Waals surface area contributed by atoms with Gasteiger partial charge in [0.2, 0.25) is 0 Å². The van der Waals surface area contributed by atoms with Gasteiger partial charge in [0, 0.05) is 17.3 Å². The Kier molecular flexibility index (Phi) is 4.36. The van der Waals surface area contributed by atoms with Gasteiger partial charge in [-0.2, -0.15) is 0 Å². The van der Waals surface area contributed by atoms with Gasteiger partial charge in [-0.25, -0.2) is 4.79 Å². The maximum Gasteiger partial charge on any atom is 0.415 e. The van der Waals surface area contributed by atoms with Crippen LogP contribution in [0.5, 0.6) is 5.75 Å². The molecule has 1 amide bonds. The minimum atomic E-state index is -0.317. The van der Waals surface area contributed by atoms with E-state index in [1.165, 1.54) is 0 Å². The SMILES string of the molecule is CC(C)Oc1cccc(-c2ccc(N3C[C@]4(CN5CCC4CC5)OC3=O)s2)c1. The first-order valence-electron chi connectivity index (χ1n) is 10.1. The standard InChI is InChI=1S/C22H26N2O3S/c1-15(2)26-18-5-3-4-16(12-18)19-6-7-20(28-19)24-14-22(27-21(24)25)13-23-10-8-17(22)9-11-23/h3-7,12,15,17H,8-11,13-14H2,1-2H3/t22-/m0/s1. The molecule has 0 aliphatic carbocycles. The van der Waals surface area contributed by atoms with E-state index < -0.39 is 0 Å². The molecule has 0 radical (unpaired) electrons. The number of hydrogen-bond donors (Lipinski definition) is 0. The molecule has 148 valence electrons. The molecule has 1 aromatic heterocycles. The summed E-state index contributed by atoms with van der Waals surface area (Å²) in [5.41, 5.74) is 0.794. The zero-order valence-corrected chi connectivity index (χ0v) is 17.2. The van der Waals surface area contributed by atoms with Crippen molar-refractivity contribution in [1.29, 1.82) is 0 Å². The fourth-order valence-corrected chi connectivity index (χ4v) is 5.80. The average Bonchev–Trinajstić information content (AvgIpc) is 3.27. The molecule has 4 aliphatic heterocycles. The van der Waals surface area contributed by atoms with Gasteiger partial charge in [-0.1, -0.05) is 12.1 Å². The van der Waals surface area contributed by atoms with Crippen molar-refractivity contribution in [3.05, 3.63) is 36.4 Å². The fraction of sp³-hybridized carbons (Fsp3) is 0.500. The van der Waals surface area contributed by atoms with Crippen LogP contribution in [0.15, 0.2) is 36.4 Å². The monoisotopic (exact) mass is 398 g/mol. The number of amides is 1. The Balaban J connectivity index is 1.37. The van der Waals surface area contributed by atoms with Crippen molar-refractivity contribution in [3.63, 3.8) is 0 Å². The summed E-state index contributed by atoms with van der Waals surface area (Å²) in [7, 11) is 0. The first kappa shape index (κ1) is 18.0. The van der Waals surface area contributed by atoms with E-state index in [0.717, 1.165) is 53.7 Å². The number of carbonyl (C=O) groups is 1. The zero-order chi connectivity index (χ0) is 19.3. The van der Waals surface area contributed by atoms with Crippen molar-refractivity contribution in [1.82, 2.24) is 4.90 Å². The summed E-state index contributed by atoms with van der Waals surface area (Å²) in [6, 6.07) is 12.3. The van der Waals surface area contributed by atoms with Gasteiger partial charge < -0.3 is 9.47 Å². The number of rotatable bonds is 4. The first-order chi connectivity index (χ1) is 13.5. The van der Waals surface area contributed by atoms with Crippen LogP contribution in [-0.4, -0.2) is 48.9 Å². The molecular weight excluding hydrogens is 372 g/mol. The van der Waals surface area contributed by atoms with E-state index in [0.29, 0.717) is 12.5 Å². The van der Waals surface area contributed by atoms with Crippen molar-refractivity contribution in [2.45, 2.75) is 38.4 Å². The van der Waals surface area contributed by atoms with Gasteiger partial charge in [0.05, 0.1) is 12.6 Å². The second-order valence-corrected chi connectivity index (χ2v) is 9.46. The second-order valence-electron chi connectivity index (χ2n) is 8.40. The van der Waals surface area contributed by atoms with Crippen LogP contribution in [0.25, 0.3) is 10.4 Å². The van der Waals surface area contributed by atoms with Crippen LogP contribution in [-0.2, 0) is 4.74 Å². The topological polar surface area (TPSA) is 42.0 Å². The van der Waals surface area contributed by atoms with Crippen LogP contribution < -0.4 is 9.64 Å². The lowest BCUT2D eigenvalue weighted by Gasteiger charge is -2.49. The predicted octanol–water partition coefficient (Wildman–Crippen LogP) is 4.62. The summed E-state index contributed by atoms with van der Waals surface area (Å²) in [6.07, 6.45) is 2.23. The van der Waals surface area contributed by atoms with Gasteiger partial charge in [0.25, 0.3) is 0 Å². The van der Waals surface area contributed by atoms with Crippen LogP contribution in [0.4, 0.5) is 9.80 Å². The molecule has 1 spiro atoms. The van der Waals surface area contributed by atoms with Gasteiger partial charge in [0.15, 0.2) is 0 Å². The van der Waals surface area contributed by atoms with Crippen molar-refractivity contribution in [2.24, 2.45) is 5.92 Å². The third kappa shape index (κ3) is 3.08. The van der Waals surface area contributed by atoms with Gasteiger partial charge in [0.1, 0.15) is 16.4 Å². The molecular formula is C22H26N2O3S. The summed E-state index contributed by atoms with van der Waals surface area (Å²) in [6.45, 7) is 7.89. The lowest BCUT2D eigenvalue weighted by Crippen LogP contribution is -2.61. The van der Waals surface area contributed by atoms with Crippen LogP contribution >= 0.6 is 11.3 Å². The Hall–Kier alpha value is -2.05. The molecule has 5 heterocycles. The van der Waals surface area contributed by atoms with Gasteiger partial charge in [-0.3, -0.25) is 9.80 Å². The summed E-state index contributed by atoms with van der Waals surface area (Å²) >= 11 is 1.64. The zero-order valence-electron chi connectivity index (χ0n) is 16.4. The number of nitrogens with zero attached hydrogens (tertiary/aromatic N) is 2. The lowest BCUT2D eigenvalue weighted by atomic mass is 9.75. The number of benzene rings is 1. The quantitative estimate of drug-likeness (QED) is 0.753. The highest BCUT2D eigenvalue weighted by molar-refractivity contribution is 7.19. The summed E-state index contributed by atoms with van der Waals surface area (Å²) in [5, 5.41) is 0.962. The number of thiophene rings is 1. The number of anilines is 1. The largest absolute Gasteiger partial charge is 0.491 e. The molecule has 2 aromatic rings. The maximum atomic E-state index is 12.7. The molecule has 28 heavy (non-hydrogen) atoms. The average molecular weight is 399 g/mol. The highest BCUT2D eigenvalue weighted by Gasteiger charge is 2.55. The van der Waals surface area contributed by atoms with E-state index >= 15 is 0 Å². The Morgan fingerprint density at radius 3 is 2.71 bits per heavy atom. The molecule has 4 saturated heterocycles. The normalized spacial score (nSPS) is 29.0. The van der Waals surface area contributed by atoms with Crippen LogP contribution in [0, 0.1) is 5.92 Å². The molecule has 1 atom stereocenters. The molecule has 6 rings (SSSR count). The highest BCUT2D eigenvalue weighted by Crippen LogP contribution is 2.45. The van der Waals surface area contributed by atoms with Crippen LogP contribution in [0.2, 0.25) is 0 Å². The Morgan fingerprint density at radius 1 is 1.18 bits per heavy atom. The molecule has 4 fully saturated rings. The Labute approximate surface area is 169 Å². The molecule has 0 unspecified atom stereocenters. The minimum absolute atomic E-state index is 0.145. The molecule has 2 bridgehead atoms. The van der Waals surface area contributed by atoms with Gasteiger partial charge in [-0.05, 0) is 69.6 Å². The molecule has 0 N–H and O–H groups in total. The van der Waals surface area contributed by atoms with Crippen molar-refractivity contribution in [2.75, 3.05) is 31.1 Å². The summed E-state index contributed by atoms with van der Waals surface area (Å²) in [4.78, 5) is 18.1. The number of fused-ring (bicyclic) bond motifs is 2. The van der Waals surface area contributed by atoms with Crippen molar-refractivity contribution >= 4 is 22.4 Å². The van der Waals surface area contributed by atoms with E-state index in [1.54, 1.807) is 11.3 Å². The number of piperidine rings is 3. The van der Waals surface area contributed by atoms with Crippen LogP contribution in [0.1, 0.15) is 26.7 Å². The molecule has 0 saturated carbocycles. The highest BCUT2D eigenvalue weighted by atomic mass is 32.1. The van der Waals surface area contributed by atoms with E-state index in [9.17, 15) is 4.79 Å². The maximum absolute atomic E-state index is 12.7. The summed E-state index contributed by atoms with van der Waals surface area (Å²) < 4.78 is 11.8. The van der Waals surface area contributed by atoms with E-state index in [4.69, 9.17) is 9.47 Å². The Bertz CT molecular complexity index is 887. The van der Waals surface area contributed by atoms with Gasteiger partial charge in [-0.15, -0.1) is 11.3 Å². The second kappa shape index (κ2) is 6.78. The smallest absolute Gasteiger partial charge is 0.415 e. The lowest BCUT2D eigenvalue weighted by molar-refractivity contribution is -0.0881. The fourth-order valence-electron chi connectivity index (χ4n) is 4.80. The van der Waals surface area contributed by atoms with Gasteiger partial charge >= 0.3 is 6.09 Å². The van der Waals surface area contributed by atoms with Crippen molar-refractivity contribution < 1.29 is 14.3 Å². The predicted molar refractivity (Wildman–Crippen MR) is 111 cm³/mol. The molecule has 5 nitrogen and oxygen atoms in total.